The Bertz CT molecular complexity index is 72.0. The van der Waals surface area contributed by atoms with Gasteiger partial charge in [-0.15, -0.1) is 6.58 Å². The first-order valence-corrected chi connectivity index (χ1v) is 2.19. The molecule has 0 aliphatic heterocycles. The second kappa shape index (κ2) is 0.850. The molecule has 0 heterocycles. The average molecular weight is 83.1 g/mol. The number of rotatable bonds is 1. The fourth-order valence-corrected chi connectivity index (χ4v) is 0.348. The lowest BCUT2D eigenvalue weighted by atomic mass is 10.3. The maximum absolute atomic E-state index is 5.53. The third-order valence-electron chi connectivity index (χ3n) is 1.23. The molecule has 0 aromatic carbocycles. The Balaban J connectivity index is 2.47. The van der Waals surface area contributed by atoms with Crippen LogP contribution in [-0.2, 0) is 0 Å². The maximum atomic E-state index is 5.53. The van der Waals surface area contributed by atoms with Gasteiger partial charge in [0, 0.05) is 5.54 Å². The molecule has 6 heavy (non-hydrogen) atoms. The van der Waals surface area contributed by atoms with Crippen molar-refractivity contribution < 1.29 is 0 Å². The van der Waals surface area contributed by atoms with E-state index in [0.29, 0.717) is 0 Å². The highest BCUT2D eigenvalue weighted by Gasteiger charge is 2.33. The van der Waals surface area contributed by atoms with Gasteiger partial charge in [-0.1, -0.05) is 6.08 Å². The van der Waals surface area contributed by atoms with Gasteiger partial charge < -0.3 is 5.73 Å². The Labute approximate surface area is 37.8 Å². The molecule has 0 atom stereocenters. The van der Waals surface area contributed by atoms with Gasteiger partial charge in [0.05, 0.1) is 0 Å². The predicted octanol–water partition coefficient (Wildman–Crippen LogP) is 0.664. The van der Waals surface area contributed by atoms with Gasteiger partial charge >= 0.3 is 0 Å². The minimum Gasteiger partial charge on any atom is -0.322 e. The van der Waals surface area contributed by atoms with Crippen LogP contribution in [0.15, 0.2) is 12.7 Å². The van der Waals surface area contributed by atoms with Gasteiger partial charge in [-0.3, -0.25) is 0 Å². The summed E-state index contributed by atoms with van der Waals surface area (Å²) in [4.78, 5) is 0. The molecule has 0 bridgehead atoms. The van der Waals surface area contributed by atoms with Crippen LogP contribution < -0.4 is 5.73 Å². The molecule has 0 spiro atoms. The van der Waals surface area contributed by atoms with E-state index in [-0.39, 0.29) is 5.54 Å². The lowest BCUT2D eigenvalue weighted by Gasteiger charge is -1.92. The summed E-state index contributed by atoms with van der Waals surface area (Å²) < 4.78 is 0. The van der Waals surface area contributed by atoms with E-state index < -0.39 is 0 Å². The van der Waals surface area contributed by atoms with E-state index in [4.69, 9.17) is 5.73 Å². The Hall–Kier alpha value is -0.300. The summed E-state index contributed by atoms with van der Waals surface area (Å²) >= 11 is 0. The van der Waals surface area contributed by atoms with Gasteiger partial charge in [0.15, 0.2) is 0 Å². The van der Waals surface area contributed by atoms with E-state index in [1.165, 1.54) is 0 Å². The molecule has 0 amide bonds. The van der Waals surface area contributed by atoms with Crippen molar-refractivity contribution in [3.8, 4) is 0 Å². The van der Waals surface area contributed by atoms with E-state index in [9.17, 15) is 0 Å². The lowest BCUT2D eigenvalue weighted by molar-refractivity contribution is 0.859. The highest BCUT2D eigenvalue weighted by molar-refractivity contribution is 5.11. The lowest BCUT2D eigenvalue weighted by Crippen LogP contribution is -2.16. The smallest absolute Gasteiger partial charge is 0.0338 e. The third kappa shape index (κ3) is 0.455. The highest BCUT2D eigenvalue weighted by atomic mass is 14.8. The van der Waals surface area contributed by atoms with Crippen molar-refractivity contribution in [3.63, 3.8) is 0 Å². The normalized spacial score (nSPS) is 26.2. The summed E-state index contributed by atoms with van der Waals surface area (Å²) in [5.41, 5.74) is 5.58. The number of nitrogens with two attached hydrogens (primary N) is 1. The summed E-state index contributed by atoms with van der Waals surface area (Å²) in [6, 6.07) is 0. The van der Waals surface area contributed by atoms with E-state index in [2.05, 4.69) is 6.58 Å². The van der Waals surface area contributed by atoms with Crippen molar-refractivity contribution in [3.05, 3.63) is 12.7 Å². The molecule has 1 rings (SSSR count). The minimum atomic E-state index is 0.0556. The molecule has 0 unspecified atom stereocenters. The highest BCUT2D eigenvalue weighted by Crippen LogP contribution is 2.32. The first-order valence-electron chi connectivity index (χ1n) is 2.19. The first kappa shape index (κ1) is 3.88. The van der Waals surface area contributed by atoms with E-state index in [1.54, 1.807) is 0 Å². The molecule has 0 radical (unpaired) electrons. The minimum absolute atomic E-state index is 0.0556. The molecular formula is C5H9N. The van der Waals surface area contributed by atoms with Gasteiger partial charge in [-0.25, -0.2) is 0 Å². The molecule has 1 nitrogen and oxygen atoms in total. The fourth-order valence-electron chi connectivity index (χ4n) is 0.348. The van der Waals surface area contributed by atoms with Crippen molar-refractivity contribution in [1.82, 2.24) is 0 Å². The van der Waals surface area contributed by atoms with Gasteiger partial charge in [0.2, 0.25) is 0 Å². The molecule has 2 N–H and O–H groups in total. The second-order valence-corrected chi connectivity index (χ2v) is 1.94. The molecule has 0 saturated heterocycles. The average Bonchev–Trinajstić information content (AvgIpc) is 2.22. The van der Waals surface area contributed by atoms with Crippen molar-refractivity contribution in [1.29, 1.82) is 0 Å². The third-order valence-corrected chi connectivity index (χ3v) is 1.23. The molecule has 1 saturated carbocycles. The number of hydrogen-bond donors (Lipinski definition) is 1. The molecule has 0 aromatic heterocycles. The summed E-state index contributed by atoms with van der Waals surface area (Å²) in [5, 5.41) is 0. The molecular weight excluding hydrogens is 74.1 g/mol. The predicted molar refractivity (Wildman–Crippen MR) is 26.3 cm³/mol. The van der Waals surface area contributed by atoms with Gasteiger partial charge in [-0.2, -0.15) is 0 Å². The van der Waals surface area contributed by atoms with Crippen molar-refractivity contribution in [2.75, 3.05) is 0 Å². The van der Waals surface area contributed by atoms with Crippen LogP contribution in [0.3, 0.4) is 0 Å². The first-order chi connectivity index (χ1) is 2.77. The van der Waals surface area contributed by atoms with Gasteiger partial charge in [0.1, 0.15) is 0 Å². The zero-order valence-corrected chi connectivity index (χ0v) is 3.78. The van der Waals surface area contributed by atoms with E-state index in [1.807, 2.05) is 6.08 Å². The van der Waals surface area contributed by atoms with Crippen LogP contribution in [0.4, 0.5) is 0 Å². The van der Waals surface area contributed by atoms with Crippen LogP contribution in [0.1, 0.15) is 12.8 Å². The molecule has 0 aromatic rings. The molecule has 1 aliphatic rings. The van der Waals surface area contributed by atoms with Crippen LogP contribution in [-0.4, -0.2) is 5.54 Å². The van der Waals surface area contributed by atoms with E-state index in [0.717, 1.165) is 12.8 Å². The molecule has 1 fully saturated rings. The van der Waals surface area contributed by atoms with Crippen LogP contribution in [0, 0.1) is 0 Å². The summed E-state index contributed by atoms with van der Waals surface area (Å²) in [7, 11) is 0. The standard InChI is InChI=1S/C5H9N/c1-2-5(6)3-4-5/h2H,1,3-4,6H2. The maximum Gasteiger partial charge on any atom is 0.0338 e. The fraction of sp³-hybridized carbons (Fsp3) is 0.600. The van der Waals surface area contributed by atoms with Crippen LogP contribution >= 0.6 is 0 Å². The SMILES string of the molecule is C=CC1(N)CC1. The monoisotopic (exact) mass is 83.1 g/mol. The molecule has 1 heteroatoms. The zero-order valence-electron chi connectivity index (χ0n) is 3.78. The van der Waals surface area contributed by atoms with Gasteiger partial charge in [0.25, 0.3) is 0 Å². The molecule has 34 valence electrons. The van der Waals surface area contributed by atoms with Crippen LogP contribution in [0.5, 0.6) is 0 Å². The number of hydrogen-bond acceptors (Lipinski definition) is 1. The van der Waals surface area contributed by atoms with Crippen molar-refractivity contribution in [2.24, 2.45) is 5.73 Å². The topological polar surface area (TPSA) is 26.0 Å². The summed E-state index contributed by atoms with van der Waals surface area (Å²) in [5.74, 6) is 0. The second-order valence-electron chi connectivity index (χ2n) is 1.94. The Morgan fingerprint density at radius 2 is 2.17 bits per heavy atom. The summed E-state index contributed by atoms with van der Waals surface area (Å²) in [6.07, 6.45) is 4.10. The Morgan fingerprint density at radius 3 is 2.17 bits per heavy atom. The van der Waals surface area contributed by atoms with Crippen LogP contribution in [0.25, 0.3) is 0 Å². The Kier molecular flexibility index (Phi) is 0.549. The van der Waals surface area contributed by atoms with Crippen molar-refractivity contribution in [2.45, 2.75) is 18.4 Å². The Morgan fingerprint density at radius 1 is 1.67 bits per heavy atom. The van der Waals surface area contributed by atoms with E-state index >= 15 is 0 Å². The quantitative estimate of drug-likeness (QED) is 0.463. The van der Waals surface area contributed by atoms with Crippen molar-refractivity contribution >= 4 is 0 Å². The summed E-state index contributed by atoms with van der Waals surface area (Å²) in [6.45, 7) is 3.57. The van der Waals surface area contributed by atoms with Gasteiger partial charge in [-0.05, 0) is 12.8 Å². The molecule has 1 aliphatic carbocycles. The zero-order chi connectivity index (χ0) is 4.62. The van der Waals surface area contributed by atoms with Crippen LogP contribution in [0.2, 0.25) is 0 Å². The largest absolute Gasteiger partial charge is 0.322 e.